The van der Waals surface area contributed by atoms with E-state index >= 15 is 0 Å². The van der Waals surface area contributed by atoms with Crippen LogP contribution in [0.2, 0.25) is 0 Å². The molecule has 0 unspecified atom stereocenters. The number of rotatable bonds is 6. The summed E-state index contributed by atoms with van der Waals surface area (Å²) in [4.78, 5) is 11.7. The summed E-state index contributed by atoms with van der Waals surface area (Å²) in [6, 6.07) is 13.6. The van der Waals surface area contributed by atoms with Gasteiger partial charge in [0.1, 0.15) is 5.82 Å². The predicted octanol–water partition coefficient (Wildman–Crippen LogP) is 3.35. The molecular weight excluding hydrogens is 267 g/mol. The molecule has 21 heavy (non-hydrogen) atoms. The van der Waals surface area contributed by atoms with Gasteiger partial charge in [-0.1, -0.05) is 18.2 Å². The zero-order chi connectivity index (χ0) is 15.1. The van der Waals surface area contributed by atoms with Crippen LogP contribution in [-0.4, -0.2) is 12.5 Å². The van der Waals surface area contributed by atoms with Crippen LogP contribution in [0.25, 0.3) is 0 Å². The van der Waals surface area contributed by atoms with Crippen LogP contribution in [0.3, 0.4) is 0 Å². The van der Waals surface area contributed by atoms with E-state index in [1.165, 1.54) is 12.1 Å². The van der Waals surface area contributed by atoms with E-state index in [0.29, 0.717) is 18.7 Å². The second-order valence-corrected chi connectivity index (χ2v) is 4.56. The second-order valence-electron chi connectivity index (χ2n) is 4.56. The highest BCUT2D eigenvalue weighted by atomic mass is 19.1. The summed E-state index contributed by atoms with van der Waals surface area (Å²) in [5.41, 5.74) is 2.33. The van der Waals surface area contributed by atoms with Gasteiger partial charge in [-0.25, -0.2) is 4.39 Å². The fraction of sp³-hybridized carbons (Fsp3) is 0.118. The molecule has 0 heterocycles. The van der Waals surface area contributed by atoms with E-state index in [2.05, 4.69) is 17.2 Å². The van der Waals surface area contributed by atoms with Gasteiger partial charge in [0.05, 0.1) is 0 Å². The number of benzene rings is 2. The summed E-state index contributed by atoms with van der Waals surface area (Å²) >= 11 is 0. The Morgan fingerprint density at radius 1 is 1.19 bits per heavy atom. The molecule has 0 aliphatic heterocycles. The number of hydrogen-bond acceptors (Lipinski definition) is 2. The molecule has 2 N–H and O–H groups in total. The van der Waals surface area contributed by atoms with Gasteiger partial charge in [-0.3, -0.25) is 4.79 Å². The van der Waals surface area contributed by atoms with Crippen LogP contribution < -0.4 is 10.6 Å². The van der Waals surface area contributed by atoms with Crippen LogP contribution >= 0.6 is 0 Å². The van der Waals surface area contributed by atoms with Crippen molar-refractivity contribution in [2.24, 2.45) is 0 Å². The van der Waals surface area contributed by atoms with E-state index in [0.717, 1.165) is 11.3 Å². The highest BCUT2D eigenvalue weighted by Gasteiger charge is 2.03. The molecule has 3 nitrogen and oxygen atoms in total. The van der Waals surface area contributed by atoms with Gasteiger partial charge in [-0.05, 0) is 42.0 Å². The van der Waals surface area contributed by atoms with E-state index in [-0.39, 0.29) is 11.7 Å². The smallest absolute Gasteiger partial charge is 0.251 e. The summed E-state index contributed by atoms with van der Waals surface area (Å²) in [7, 11) is 0. The SMILES string of the molecule is C=CCNC(=O)c1ccc(NCc2cccc(F)c2)cc1. The average molecular weight is 284 g/mol. The van der Waals surface area contributed by atoms with Gasteiger partial charge >= 0.3 is 0 Å². The predicted molar refractivity (Wildman–Crippen MR) is 82.7 cm³/mol. The van der Waals surface area contributed by atoms with Crippen LogP contribution in [0, 0.1) is 5.82 Å². The van der Waals surface area contributed by atoms with Crippen molar-refractivity contribution in [3.63, 3.8) is 0 Å². The Labute approximate surface area is 123 Å². The average Bonchev–Trinajstić information content (AvgIpc) is 2.51. The Morgan fingerprint density at radius 2 is 1.95 bits per heavy atom. The third-order valence-corrected chi connectivity index (χ3v) is 2.94. The molecule has 2 rings (SSSR count). The Balaban J connectivity index is 1.93. The van der Waals surface area contributed by atoms with Gasteiger partial charge in [0.2, 0.25) is 0 Å². The minimum absolute atomic E-state index is 0.133. The fourth-order valence-electron chi connectivity index (χ4n) is 1.86. The molecule has 0 radical (unpaired) electrons. The lowest BCUT2D eigenvalue weighted by atomic mass is 10.1. The molecule has 0 fully saturated rings. The lowest BCUT2D eigenvalue weighted by molar-refractivity contribution is 0.0958. The van der Waals surface area contributed by atoms with Gasteiger partial charge < -0.3 is 10.6 Å². The standard InChI is InChI=1S/C17H17FN2O/c1-2-10-19-17(21)14-6-8-16(9-7-14)20-12-13-4-3-5-15(18)11-13/h2-9,11,20H,1,10,12H2,(H,19,21). The molecule has 0 saturated carbocycles. The van der Waals surface area contributed by atoms with Crippen molar-refractivity contribution in [1.29, 1.82) is 0 Å². The second kappa shape index (κ2) is 7.24. The number of hydrogen-bond donors (Lipinski definition) is 2. The van der Waals surface area contributed by atoms with Gasteiger partial charge in [-0.15, -0.1) is 6.58 Å². The Bertz CT molecular complexity index is 623. The molecule has 0 bridgehead atoms. The Morgan fingerprint density at radius 3 is 2.62 bits per heavy atom. The first-order chi connectivity index (χ1) is 10.2. The Kier molecular flexibility index (Phi) is 5.10. The third-order valence-electron chi connectivity index (χ3n) is 2.94. The molecule has 0 atom stereocenters. The van der Waals surface area contributed by atoms with Crippen LogP contribution in [0.15, 0.2) is 61.2 Å². The third kappa shape index (κ3) is 4.45. The summed E-state index contributed by atoms with van der Waals surface area (Å²) in [5.74, 6) is -0.380. The maximum absolute atomic E-state index is 13.1. The Hall–Kier alpha value is -2.62. The van der Waals surface area contributed by atoms with Gasteiger partial charge in [-0.2, -0.15) is 0 Å². The zero-order valence-corrected chi connectivity index (χ0v) is 11.6. The van der Waals surface area contributed by atoms with Crippen LogP contribution in [0.5, 0.6) is 0 Å². The van der Waals surface area contributed by atoms with Crippen molar-refractivity contribution >= 4 is 11.6 Å². The summed E-state index contributed by atoms with van der Waals surface area (Å²) in [6.45, 7) is 4.52. The van der Waals surface area contributed by atoms with Crippen molar-refractivity contribution in [3.8, 4) is 0 Å². The van der Waals surface area contributed by atoms with Gasteiger partial charge in [0.25, 0.3) is 5.91 Å². The van der Waals surface area contributed by atoms with Gasteiger partial charge in [0.15, 0.2) is 0 Å². The molecule has 108 valence electrons. The minimum atomic E-state index is -0.247. The van der Waals surface area contributed by atoms with Crippen LogP contribution in [0.1, 0.15) is 15.9 Å². The normalized spacial score (nSPS) is 9.95. The lowest BCUT2D eigenvalue weighted by Crippen LogP contribution is -2.23. The number of halogens is 1. The number of anilines is 1. The molecule has 1 amide bonds. The first-order valence-electron chi connectivity index (χ1n) is 6.66. The first-order valence-corrected chi connectivity index (χ1v) is 6.66. The van der Waals surface area contributed by atoms with E-state index in [4.69, 9.17) is 0 Å². The maximum atomic E-state index is 13.1. The highest BCUT2D eigenvalue weighted by Crippen LogP contribution is 2.12. The molecule has 0 aliphatic rings. The minimum Gasteiger partial charge on any atom is -0.381 e. The van der Waals surface area contributed by atoms with Crippen molar-refractivity contribution in [1.82, 2.24) is 5.32 Å². The fourth-order valence-corrected chi connectivity index (χ4v) is 1.86. The van der Waals surface area contributed by atoms with E-state index in [1.54, 1.807) is 24.3 Å². The molecule has 0 saturated heterocycles. The topological polar surface area (TPSA) is 41.1 Å². The molecular formula is C17H17FN2O. The van der Waals surface area contributed by atoms with E-state index in [1.807, 2.05) is 18.2 Å². The van der Waals surface area contributed by atoms with Crippen molar-refractivity contribution < 1.29 is 9.18 Å². The maximum Gasteiger partial charge on any atom is 0.251 e. The van der Waals surface area contributed by atoms with Crippen LogP contribution in [0.4, 0.5) is 10.1 Å². The largest absolute Gasteiger partial charge is 0.381 e. The van der Waals surface area contributed by atoms with Crippen molar-refractivity contribution in [2.45, 2.75) is 6.54 Å². The number of carbonyl (C=O) groups excluding carboxylic acids is 1. The number of amides is 1. The molecule has 0 spiro atoms. The number of nitrogens with one attached hydrogen (secondary N) is 2. The molecule has 4 heteroatoms. The molecule has 2 aromatic carbocycles. The highest BCUT2D eigenvalue weighted by molar-refractivity contribution is 5.94. The van der Waals surface area contributed by atoms with E-state index < -0.39 is 0 Å². The quantitative estimate of drug-likeness (QED) is 0.799. The molecule has 0 aliphatic carbocycles. The summed E-state index contributed by atoms with van der Waals surface area (Å²) in [6.07, 6.45) is 1.63. The van der Waals surface area contributed by atoms with Crippen molar-refractivity contribution in [3.05, 3.63) is 78.1 Å². The van der Waals surface area contributed by atoms with Crippen LogP contribution in [-0.2, 0) is 6.54 Å². The van der Waals surface area contributed by atoms with Gasteiger partial charge in [0, 0.05) is 24.3 Å². The first kappa shape index (κ1) is 14.8. The zero-order valence-electron chi connectivity index (χ0n) is 11.6. The van der Waals surface area contributed by atoms with E-state index in [9.17, 15) is 9.18 Å². The molecule has 0 aromatic heterocycles. The lowest BCUT2D eigenvalue weighted by Gasteiger charge is -2.08. The molecule has 2 aromatic rings. The summed E-state index contributed by atoms with van der Waals surface area (Å²) < 4.78 is 13.1. The van der Waals surface area contributed by atoms with Crippen molar-refractivity contribution in [2.75, 3.05) is 11.9 Å². The summed E-state index contributed by atoms with van der Waals surface area (Å²) in [5, 5.41) is 5.90. The monoisotopic (exact) mass is 284 g/mol. The number of carbonyl (C=O) groups is 1.